The van der Waals surface area contributed by atoms with Crippen LogP contribution in [0, 0.1) is 42.1 Å². The number of ether oxygens (including phenoxy) is 2. The first-order valence-corrected chi connectivity index (χ1v) is 15.4. The number of hydrogen-bond donors (Lipinski definition) is 0. The van der Waals surface area contributed by atoms with E-state index in [4.69, 9.17) is 16.0 Å². The molecule has 1 unspecified atom stereocenters. The molecule has 0 aromatic carbocycles. The number of rotatable bonds is 6. The number of halogens is 2. The van der Waals surface area contributed by atoms with Crippen LogP contribution in [0.3, 0.4) is 0 Å². The van der Waals surface area contributed by atoms with Crippen LogP contribution in [0.15, 0.2) is 33.2 Å². The Morgan fingerprint density at radius 2 is 1.35 bits per heavy atom. The number of hydrogen-bond acceptors (Lipinski definition) is 6. The number of aromatic nitrogens is 2. The summed E-state index contributed by atoms with van der Waals surface area (Å²) in [7, 11) is 3.18. The lowest BCUT2D eigenvalue weighted by atomic mass is 9.69. The second-order valence-electron chi connectivity index (χ2n) is 11.1. The fourth-order valence-corrected chi connectivity index (χ4v) is 6.42. The minimum Gasteiger partial charge on any atom is -0.481 e. The van der Waals surface area contributed by atoms with Gasteiger partial charge in [0.15, 0.2) is 0 Å². The lowest BCUT2D eigenvalue weighted by Gasteiger charge is -2.33. The van der Waals surface area contributed by atoms with Crippen molar-refractivity contribution in [1.29, 1.82) is 0 Å². The molecule has 40 heavy (non-hydrogen) atoms. The van der Waals surface area contributed by atoms with Crippen molar-refractivity contribution in [3.05, 3.63) is 56.0 Å². The summed E-state index contributed by atoms with van der Waals surface area (Å²) in [5.41, 5.74) is 1.73. The summed E-state index contributed by atoms with van der Waals surface area (Å²) in [6, 6.07) is 6.93. The van der Waals surface area contributed by atoms with Gasteiger partial charge in [0.05, 0.1) is 25.6 Å². The molecule has 2 aliphatic rings. The maximum Gasteiger partial charge on any atom is 0.281 e. The molecule has 0 bridgehead atoms. The molecule has 0 saturated heterocycles. The Hall–Kier alpha value is -2.31. The van der Waals surface area contributed by atoms with Crippen molar-refractivity contribution in [3.8, 4) is 11.8 Å². The fraction of sp³-hybridized carbons (Fsp3) is 0.581. The van der Waals surface area contributed by atoms with Crippen LogP contribution in [0.1, 0.15) is 58.3 Å². The van der Waals surface area contributed by atoms with E-state index in [0.717, 1.165) is 26.8 Å². The van der Waals surface area contributed by atoms with E-state index in [-0.39, 0.29) is 23.5 Å². The topological polar surface area (TPSA) is 82.7 Å². The van der Waals surface area contributed by atoms with Gasteiger partial charge in [-0.25, -0.2) is 16.5 Å². The van der Waals surface area contributed by atoms with Gasteiger partial charge in [-0.1, -0.05) is 27.7 Å². The van der Waals surface area contributed by atoms with Gasteiger partial charge in [-0.15, -0.1) is 0 Å². The van der Waals surface area contributed by atoms with Crippen molar-refractivity contribution in [3.63, 3.8) is 0 Å². The SMILES string of the molecule is COc1ccc(Br)c(C[C@H]2C(=O)CC[C@@H](C)[C@@H]2C)n1.[C-]#[N+]C1C[C@@H](C)[C@H](C)[C@@H](Cc2nc(OC)ccc2Br)C1=O. The lowest BCUT2D eigenvalue weighted by molar-refractivity contribution is -0.128. The van der Waals surface area contributed by atoms with Crippen LogP contribution in [-0.4, -0.2) is 41.8 Å². The van der Waals surface area contributed by atoms with Gasteiger partial charge in [0.2, 0.25) is 17.5 Å². The van der Waals surface area contributed by atoms with Gasteiger partial charge in [0, 0.05) is 58.6 Å². The lowest BCUT2D eigenvalue weighted by Crippen LogP contribution is -2.41. The van der Waals surface area contributed by atoms with Crippen molar-refractivity contribution in [2.24, 2.45) is 35.5 Å². The Balaban J connectivity index is 0.000000222. The van der Waals surface area contributed by atoms with Gasteiger partial charge >= 0.3 is 0 Å². The van der Waals surface area contributed by atoms with Gasteiger partial charge < -0.3 is 14.3 Å². The fourth-order valence-electron chi connectivity index (χ4n) is 5.66. The highest BCUT2D eigenvalue weighted by Gasteiger charge is 2.43. The van der Waals surface area contributed by atoms with Gasteiger partial charge in [-0.05, 0) is 74.1 Å². The van der Waals surface area contributed by atoms with Crippen LogP contribution in [0.5, 0.6) is 11.8 Å². The molecule has 7 nitrogen and oxygen atoms in total. The molecule has 2 heterocycles. The number of methoxy groups -OCH3 is 2. The third-order valence-corrected chi connectivity index (χ3v) is 10.2. The van der Waals surface area contributed by atoms with E-state index in [1.54, 1.807) is 20.3 Å². The maximum atomic E-state index is 12.5. The van der Waals surface area contributed by atoms with Crippen molar-refractivity contribution in [2.45, 2.75) is 65.8 Å². The van der Waals surface area contributed by atoms with Crippen molar-refractivity contribution < 1.29 is 19.1 Å². The Bertz CT molecular complexity index is 1250. The van der Waals surface area contributed by atoms with Gasteiger partial charge in [-0.3, -0.25) is 9.59 Å². The molecule has 2 aliphatic carbocycles. The molecule has 0 spiro atoms. The first-order chi connectivity index (χ1) is 19.0. The van der Waals surface area contributed by atoms with Crippen molar-refractivity contribution in [2.75, 3.05) is 14.2 Å². The molecule has 0 N–H and O–H groups in total. The molecule has 9 heteroatoms. The third kappa shape index (κ3) is 7.70. The van der Waals surface area contributed by atoms with E-state index >= 15 is 0 Å². The maximum absolute atomic E-state index is 12.5. The minimum atomic E-state index is -0.495. The molecule has 0 radical (unpaired) electrons. The highest BCUT2D eigenvalue weighted by molar-refractivity contribution is 9.10. The first kappa shape index (κ1) is 32.2. The van der Waals surface area contributed by atoms with E-state index in [2.05, 4.69) is 74.4 Å². The minimum absolute atomic E-state index is 0.0621. The molecule has 2 saturated carbocycles. The second kappa shape index (κ2) is 14.5. The van der Waals surface area contributed by atoms with Crippen molar-refractivity contribution >= 4 is 43.4 Å². The number of nitrogens with zero attached hydrogens (tertiary/aromatic N) is 3. The summed E-state index contributed by atoms with van der Waals surface area (Å²) >= 11 is 7.00. The molecule has 4 rings (SSSR count). The van der Waals surface area contributed by atoms with Gasteiger partial charge in [-0.2, -0.15) is 0 Å². The quantitative estimate of drug-likeness (QED) is 0.301. The summed E-state index contributed by atoms with van der Waals surface area (Å²) in [5.74, 6) is 3.17. The monoisotopic (exact) mass is 675 g/mol. The number of carbonyl (C=O) groups excluding carboxylic acids is 2. The molecular weight excluding hydrogens is 638 g/mol. The summed E-state index contributed by atoms with van der Waals surface area (Å²) in [6.07, 6.45) is 3.64. The molecule has 2 aromatic rings. The van der Waals surface area contributed by atoms with Gasteiger partial charge in [0.1, 0.15) is 5.78 Å². The Labute approximate surface area is 254 Å². The Morgan fingerprint density at radius 1 is 0.850 bits per heavy atom. The molecule has 0 amide bonds. The molecule has 216 valence electrons. The van der Waals surface area contributed by atoms with E-state index in [1.807, 2.05) is 18.2 Å². The van der Waals surface area contributed by atoms with E-state index in [0.29, 0.717) is 61.0 Å². The van der Waals surface area contributed by atoms with Crippen LogP contribution >= 0.6 is 31.9 Å². The molecule has 2 fully saturated rings. The van der Waals surface area contributed by atoms with E-state index in [1.165, 1.54) is 0 Å². The average Bonchev–Trinajstić information content (AvgIpc) is 2.95. The molecular formula is C31H39Br2N3O4. The molecule has 7 atom stereocenters. The highest BCUT2D eigenvalue weighted by atomic mass is 79.9. The number of ketones is 2. The predicted octanol–water partition coefficient (Wildman–Crippen LogP) is 7.19. The third-order valence-electron chi connectivity index (χ3n) is 8.80. The zero-order valence-corrected chi connectivity index (χ0v) is 27.3. The largest absolute Gasteiger partial charge is 0.481 e. The van der Waals surface area contributed by atoms with Crippen molar-refractivity contribution in [1.82, 2.24) is 9.97 Å². The summed E-state index contributed by atoms with van der Waals surface area (Å²) in [5, 5.41) is 0. The summed E-state index contributed by atoms with van der Waals surface area (Å²) < 4.78 is 12.1. The predicted molar refractivity (Wildman–Crippen MR) is 162 cm³/mol. The molecule has 2 aromatic heterocycles. The Kier molecular flexibility index (Phi) is 11.7. The zero-order chi connectivity index (χ0) is 29.6. The summed E-state index contributed by atoms with van der Waals surface area (Å²) in [4.78, 5) is 37.0. The first-order valence-electron chi connectivity index (χ1n) is 13.8. The van der Waals surface area contributed by atoms with Crippen LogP contribution < -0.4 is 9.47 Å². The number of Topliss-reactive ketones (excluding diaryl/α,β-unsaturated/α-hetero) is 2. The molecule has 0 aliphatic heterocycles. The van der Waals surface area contributed by atoms with Crippen LogP contribution in [0.2, 0.25) is 0 Å². The van der Waals surface area contributed by atoms with Crippen LogP contribution in [0.25, 0.3) is 4.85 Å². The highest BCUT2D eigenvalue weighted by Crippen LogP contribution is 2.37. The normalized spacial score (nSPS) is 28.2. The van der Waals surface area contributed by atoms with Crippen LogP contribution in [-0.2, 0) is 22.4 Å². The van der Waals surface area contributed by atoms with Gasteiger partial charge in [0.25, 0.3) is 6.04 Å². The zero-order valence-electron chi connectivity index (χ0n) is 24.1. The number of carbonyl (C=O) groups is 2. The van der Waals surface area contributed by atoms with Crippen LogP contribution in [0.4, 0.5) is 0 Å². The Morgan fingerprint density at radius 3 is 1.85 bits per heavy atom. The smallest absolute Gasteiger partial charge is 0.281 e. The average molecular weight is 677 g/mol. The van der Waals surface area contributed by atoms with E-state index in [9.17, 15) is 9.59 Å². The standard InChI is InChI=1S/C16H19BrN2O2.C15H20BrNO2/c1-9-7-14(18-3)16(20)11(10(9)2)8-13-12(17)5-6-15(19-13)21-4;1-9-4-6-14(18)11(10(9)2)8-13-12(16)5-7-15(17-13)19-3/h5-6,9-11,14H,7-8H2,1-2,4H3;5,7,9-11H,4,6,8H2,1-3H3/t9-,10+,11-,14?;9-,10+,11-/m11/s1. The summed E-state index contributed by atoms with van der Waals surface area (Å²) in [6.45, 7) is 15.9. The van der Waals surface area contributed by atoms with E-state index < -0.39 is 6.04 Å². The number of pyridine rings is 2. The second-order valence-corrected chi connectivity index (χ2v) is 12.9.